The monoisotopic (exact) mass is 254 g/mol. The third-order valence-electron chi connectivity index (χ3n) is 3.16. The maximum atomic E-state index is 6.10. The number of hydrogen-bond donors (Lipinski definition) is 2. The molecule has 1 saturated carbocycles. The average molecular weight is 255 g/mol. The largest absolute Gasteiger partial charge is 0.366 e. The first-order valence-corrected chi connectivity index (χ1v) is 6.64. The second-order valence-corrected chi connectivity index (χ2v) is 4.88. The zero-order valence-electron chi connectivity index (χ0n) is 10.2. The van der Waals surface area contributed by atoms with Crippen LogP contribution in [-0.4, -0.2) is 23.1 Å². The van der Waals surface area contributed by atoms with Crippen molar-refractivity contribution in [2.75, 3.05) is 17.7 Å². The molecule has 0 saturated heterocycles. The molecule has 0 radical (unpaired) electrons. The van der Waals surface area contributed by atoms with Gasteiger partial charge in [-0.15, -0.1) is 0 Å². The minimum absolute atomic E-state index is 0.495. The zero-order valence-corrected chi connectivity index (χ0v) is 10.9. The van der Waals surface area contributed by atoms with Crippen LogP contribution in [0.4, 0.5) is 11.8 Å². The fraction of sp³-hybridized carbons (Fsp3) is 0.667. The van der Waals surface area contributed by atoms with Crippen LogP contribution in [0.15, 0.2) is 6.20 Å². The number of nitrogens with zero attached hydrogens (tertiary/aromatic N) is 2. The molecule has 1 aromatic heterocycles. The van der Waals surface area contributed by atoms with Gasteiger partial charge in [0, 0.05) is 13.1 Å². The van der Waals surface area contributed by atoms with E-state index in [-0.39, 0.29) is 0 Å². The lowest BCUT2D eigenvalue weighted by atomic mass is 10.1. The summed E-state index contributed by atoms with van der Waals surface area (Å²) in [6.45, 7) is 0. The molecule has 0 bridgehead atoms. The Bertz CT molecular complexity index is 362. The molecule has 0 aliphatic heterocycles. The molecule has 2 rings (SSSR count). The molecule has 2 N–H and O–H groups in total. The minimum Gasteiger partial charge on any atom is -0.366 e. The Morgan fingerprint density at radius 3 is 2.59 bits per heavy atom. The van der Waals surface area contributed by atoms with Gasteiger partial charge in [-0.05, 0) is 12.8 Å². The fourth-order valence-electron chi connectivity index (χ4n) is 2.21. The molecule has 0 spiro atoms. The Morgan fingerprint density at radius 2 is 1.94 bits per heavy atom. The third kappa shape index (κ3) is 3.46. The molecule has 1 fully saturated rings. The molecular weight excluding hydrogens is 236 g/mol. The maximum absolute atomic E-state index is 6.10. The van der Waals surface area contributed by atoms with Gasteiger partial charge in [0.15, 0.2) is 5.82 Å². The number of rotatable bonds is 3. The Morgan fingerprint density at radius 1 is 1.24 bits per heavy atom. The van der Waals surface area contributed by atoms with E-state index in [1.54, 1.807) is 13.2 Å². The van der Waals surface area contributed by atoms with E-state index in [0.29, 0.717) is 17.0 Å². The Balaban J connectivity index is 2.05. The van der Waals surface area contributed by atoms with Gasteiger partial charge in [-0.2, -0.15) is 4.98 Å². The zero-order chi connectivity index (χ0) is 12.1. The standard InChI is InChI=1S/C12H19ClN4/c1-14-12-15-8-10(13)11(17-12)16-9-6-4-2-3-5-7-9/h8-9H,2-7H2,1H3,(H2,14,15,16,17). The van der Waals surface area contributed by atoms with E-state index in [1.165, 1.54) is 38.5 Å². The van der Waals surface area contributed by atoms with Gasteiger partial charge in [-0.25, -0.2) is 4.98 Å². The summed E-state index contributed by atoms with van der Waals surface area (Å²) in [6, 6.07) is 0.495. The summed E-state index contributed by atoms with van der Waals surface area (Å²) in [6.07, 6.45) is 9.32. The van der Waals surface area contributed by atoms with Crippen molar-refractivity contribution in [3.63, 3.8) is 0 Å². The number of anilines is 2. The van der Waals surface area contributed by atoms with Crippen molar-refractivity contribution in [2.24, 2.45) is 0 Å². The van der Waals surface area contributed by atoms with Gasteiger partial charge in [0.2, 0.25) is 5.95 Å². The van der Waals surface area contributed by atoms with Crippen molar-refractivity contribution in [1.82, 2.24) is 9.97 Å². The molecule has 94 valence electrons. The summed E-state index contributed by atoms with van der Waals surface area (Å²) < 4.78 is 0. The van der Waals surface area contributed by atoms with E-state index in [4.69, 9.17) is 11.6 Å². The van der Waals surface area contributed by atoms with Crippen LogP contribution < -0.4 is 10.6 Å². The van der Waals surface area contributed by atoms with Crippen LogP contribution in [0.5, 0.6) is 0 Å². The first-order chi connectivity index (χ1) is 8.29. The highest BCUT2D eigenvalue weighted by molar-refractivity contribution is 6.32. The highest BCUT2D eigenvalue weighted by atomic mass is 35.5. The Hall–Kier alpha value is -1.03. The van der Waals surface area contributed by atoms with Crippen LogP contribution in [0.2, 0.25) is 5.02 Å². The van der Waals surface area contributed by atoms with Gasteiger partial charge >= 0.3 is 0 Å². The number of halogens is 1. The van der Waals surface area contributed by atoms with Gasteiger partial charge in [0.25, 0.3) is 0 Å². The van der Waals surface area contributed by atoms with Crippen molar-refractivity contribution >= 4 is 23.4 Å². The van der Waals surface area contributed by atoms with Crippen molar-refractivity contribution < 1.29 is 0 Å². The molecule has 1 aromatic rings. The van der Waals surface area contributed by atoms with E-state index in [0.717, 1.165) is 5.82 Å². The van der Waals surface area contributed by atoms with Crippen LogP contribution in [0.3, 0.4) is 0 Å². The number of hydrogen-bond acceptors (Lipinski definition) is 4. The van der Waals surface area contributed by atoms with Crippen molar-refractivity contribution in [2.45, 2.75) is 44.6 Å². The van der Waals surface area contributed by atoms with Crippen molar-refractivity contribution in [1.29, 1.82) is 0 Å². The predicted octanol–water partition coefficient (Wildman–Crippen LogP) is 3.31. The van der Waals surface area contributed by atoms with Gasteiger partial charge < -0.3 is 10.6 Å². The minimum atomic E-state index is 0.495. The smallest absolute Gasteiger partial charge is 0.224 e. The molecule has 1 aliphatic rings. The van der Waals surface area contributed by atoms with Crippen molar-refractivity contribution in [3.05, 3.63) is 11.2 Å². The predicted molar refractivity (Wildman–Crippen MR) is 71.7 cm³/mol. The van der Waals surface area contributed by atoms with Gasteiger partial charge in [0.05, 0.1) is 6.20 Å². The summed E-state index contributed by atoms with van der Waals surface area (Å²) >= 11 is 6.10. The van der Waals surface area contributed by atoms with Gasteiger partial charge in [-0.3, -0.25) is 0 Å². The van der Waals surface area contributed by atoms with E-state index in [2.05, 4.69) is 20.6 Å². The van der Waals surface area contributed by atoms with Gasteiger partial charge in [0.1, 0.15) is 5.02 Å². The average Bonchev–Trinajstić information content (AvgIpc) is 2.60. The van der Waals surface area contributed by atoms with Crippen LogP contribution in [0, 0.1) is 0 Å². The molecule has 4 nitrogen and oxygen atoms in total. The molecular formula is C12H19ClN4. The molecule has 1 aliphatic carbocycles. The molecule has 0 aromatic carbocycles. The number of nitrogens with one attached hydrogen (secondary N) is 2. The topological polar surface area (TPSA) is 49.8 Å². The molecule has 0 amide bonds. The lowest BCUT2D eigenvalue weighted by Crippen LogP contribution is -2.19. The van der Waals surface area contributed by atoms with E-state index >= 15 is 0 Å². The van der Waals surface area contributed by atoms with Crippen LogP contribution in [0.25, 0.3) is 0 Å². The summed E-state index contributed by atoms with van der Waals surface area (Å²) in [5.74, 6) is 1.35. The Labute approximate surface area is 107 Å². The van der Waals surface area contributed by atoms with Gasteiger partial charge in [-0.1, -0.05) is 37.3 Å². The Kier molecular flexibility index (Phi) is 4.42. The normalized spacial score (nSPS) is 17.5. The van der Waals surface area contributed by atoms with Crippen molar-refractivity contribution in [3.8, 4) is 0 Å². The highest BCUT2D eigenvalue weighted by Gasteiger charge is 2.14. The van der Waals surface area contributed by atoms with E-state index in [9.17, 15) is 0 Å². The SMILES string of the molecule is CNc1ncc(Cl)c(NC2CCCCCC2)n1. The molecule has 5 heteroatoms. The van der Waals surface area contributed by atoms with E-state index < -0.39 is 0 Å². The molecule has 0 atom stereocenters. The van der Waals surface area contributed by atoms with E-state index in [1.807, 2.05) is 0 Å². The lowest BCUT2D eigenvalue weighted by Gasteiger charge is -2.17. The quantitative estimate of drug-likeness (QED) is 0.813. The van der Waals surface area contributed by atoms with Crippen LogP contribution in [0.1, 0.15) is 38.5 Å². The van der Waals surface area contributed by atoms with Crippen LogP contribution in [-0.2, 0) is 0 Å². The summed E-state index contributed by atoms with van der Waals surface area (Å²) in [5, 5.41) is 6.96. The fourth-order valence-corrected chi connectivity index (χ4v) is 2.35. The highest BCUT2D eigenvalue weighted by Crippen LogP contribution is 2.24. The second kappa shape index (κ2) is 6.05. The molecule has 0 unspecified atom stereocenters. The molecule has 1 heterocycles. The van der Waals surface area contributed by atoms with Crippen LogP contribution >= 0.6 is 11.6 Å². The number of aromatic nitrogens is 2. The summed E-state index contributed by atoms with van der Waals surface area (Å²) in [7, 11) is 1.80. The third-order valence-corrected chi connectivity index (χ3v) is 3.44. The summed E-state index contributed by atoms with van der Waals surface area (Å²) in [4.78, 5) is 8.43. The molecule has 17 heavy (non-hydrogen) atoms. The maximum Gasteiger partial charge on any atom is 0.224 e. The lowest BCUT2D eigenvalue weighted by molar-refractivity contribution is 0.617. The second-order valence-electron chi connectivity index (χ2n) is 4.47. The summed E-state index contributed by atoms with van der Waals surface area (Å²) in [5.41, 5.74) is 0. The first kappa shape index (κ1) is 12.4. The first-order valence-electron chi connectivity index (χ1n) is 6.26.